The van der Waals surface area contributed by atoms with Crippen LogP contribution in [0.2, 0.25) is 5.02 Å². The zero-order valence-corrected chi connectivity index (χ0v) is 23.8. The maximum Gasteiger partial charge on any atom is 0.266 e. The van der Waals surface area contributed by atoms with E-state index < -0.39 is 0 Å². The molecule has 0 spiro atoms. The number of amidine groups is 1. The van der Waals surface area contributed by atoms with Crippen molar-refractivity contribution in [2.24, 2.45) is 4.99 Å². The molecule has 4 nitrogen and oxygen atoms in total. The first-order valence-electron chi connectivity index (χ1n) is 13.0. The molecule has 0 atom stereocenters. The maximum absolute atomic E-state index is 13.7. The summed E-state index contributed by atoms with van der Waals surface area (Å²) in [6.07, 6.45) is 4.97. The fourth-order valence-corrected chi connectivity index (χ4v) is 6.46. The van der Waals surface area contributed by atoms with Crippen LogP contribution in [-0.2, 0) is 11.2 Å². The van der Waals surface area contributed by atoms with Gasteiger partial charge in [-0.05, 0) is 92.9 Å². The Hall–Kier alpha value is -3.28. The zero-order valence-electron chi connectivity index (χ0n) is 22.2. The van der Waals surface area contributed by atoms with E-state index in [0.717, 1.165) is 35.5 Å². The van der Waals surface area contributed by atoms with Gasteiger partial charge in [0.2, 0.25) is 0 Å². The van der Waals surface area contributed by atoms with Crippen LogP contribution in [0, 0.1) is 0 Å². The third kappa shape index (κ3) is 5.31. The van der Waals surface area contributed by atoms with Crippen LogP contribution in [0.1, 0.15) is 44.4 Å². The standard InChI is InChI=1S/C32H32ClN3OS/c1-5-36-28-20-27(33)24(18-26(28)22(2)21-32(36,3)4)19-29-30(37)35(17-16-23-12-8-6-9-13-23)31(38-29)34-25-14-10-7-11-15-25/h6-15,18-21H,5,16-17H2,1-4H3/b29-19+,34-31?. The van der Waals surface area contributed by atoms with Gasteiger partial charge >= 0.3 is 0 Å². The van der Waals surface area contributed by atoms with E-state index in [0.29, 0.717) is 21.6 Å². The Morgan fingerprint density at radius 2 is 1.71 bits per heavy atom. The van der Waals surface area contributed by atoms with Crippen molar-refractivity contribution in [3.63, 3.8) is 0 Å². The predicted molar refractivity (Wildman–Crippen MR) is 163 cm³/mol. The average Bonchev–Trinajstić information content (AvgIpc) is 3.18. The summed E-state index contributed by atoms with van der Waals surface area (Å²) in [6.45, 7) is 10.2. The van der Waals surface area contributed by atoms with Crippen molar-refractivity contribution in [3.8, 4) is 0 Å². The van der Waals surface area contributed by atoms with Crippen LogP contribution in [0.4, 0.5) is 11.4 Å². The molecule has 0 N–H and O–H groups in total. The Kier molecular flexibility index (Phi) is 7.51. The molecule has 1 amide bonds. The number of para-hydroxylation sites is 1. The first-order chi connectivity index (χ1) is 18.3. The van der Waals surface area contributed by atoms with Crippen molar-refractivity contribution in [2.45, 2.75) is 39.7 Å². The summed E-state index contributed by atoms with van der Waals surface area (Å²) in [6, 6.07) is 24.1. The van der Waals surface area contributed by atoms with Crippen LogP contribution in [0.25, 0.3) is 11.6 Å². The van der Waals surface area contributed by atoms with Crippen molar-refractivity contribution in [2.75, 3.05) is 18.0 Å². The summed E-state index contributed by atoms with van der Waals surface area (Å²) < 4.78 is 0. The fraction of sp³-hybridized carbons (Fsp3) is 0.250. The van der Waals surface area contributed by atoms with Crippen molar-refractivity contribution >= 4 is 57.5 Å². The Morgan fingerprint density at radius 3 is 2.39 bits per heavy atom. The van der Waals surface area contributed by atoms with Gasteiger partial charge in [-0.2, -0.15) is 0 Å². The number of halogens is 1. The molecule has 3 aromatic carbocycles. The van der Waals surface area contributed by atoms with Crippen LogP contribution < -0.4 is 4.90 Å². The molecular formula is C32H32ClN3OS. The van der Waals surface area contributed by atoms with Gasteiger partial charge in [0.25, 0.3) is 5.91 Å². The number of likely N-dealkylation sites (N-methyl/N-ethyl adjacent to an activating group) is 1. The van der Waals surface area contributed by atoms with Crippen LogP contribution >= 0.6 is 23.4 Å². The summed E-state index contributed by atoms with van der Waals surface area (Å²) in [4.78, 5) is 23.3. The highest BCUT2D eigenvalue weighted by Crippen LogP contribution is 2.43. The minimum Gasteiger partial charge on any atom is -0.363 e. The van der Waals surface area contributed by atoms with Crippen molar-refractivity contribution in [3.05, 3.63) is 105 Å². The minimum absolute atomic E-state index is 0.0435. The maximum atomic E-state index is 13.7. The van der Waals surface area contributed by atoms with Gasteiger partial charge in [0.1, 0.15) is 0 Å². The smallest absolute Gasteiger partial charge is 0.266 e. The van der Waals surface area contributed by atoms with Crippen LogP contribution in [-0.4, -0.2) is 34.6 Å². The first kappa shape index (κ1) is 26.3. The fourth-order valence-electron chi connectivity index (χ4n) is 5.23. The monoisotopic (exact) mass is 541 g/mol. The number of rotatable bonds is 6. The zero-order chi connectivity index (χ0) is 26.9. The van der Waals surface area contributed by atoms with E-state index in [-0.39, 0.29) is 11.4 Å². The summed E-state index contributed by atoms with van der Waals surface area (Å²) in [5.41, 5.74) is 6.26. The number of nitrogens with zero attached hydrogens (tertiary/aromatic N) is 3. The van der Waals surface area contributed by atoms with Gasteiger partial charge in [-0.15, -0.1) is 0 Å². The van der Waals surface area contributed by atoms with Crippen molar-refractivity contribution in [1.29, 1.82) is 0 Å². The van der Waals surface area contributed by atoms with Crippen LogP contribution in [0.15, 0.2) is 88.8 Å². The van der Waals surface area contributed by atoms with Gasteiger partial charge in [0.15, 0.2) is 5.17 Å². The second-order valence-electron chi connectivity index (χ2n) is 10.1. The SMILES string of the molecule is CCN1c2cc(Cl)c(/C=C3/SC(=Nc4ccccc4)N(CCc4ccccc4)C3=O)cc2C(C)=CC1(C)C. The first-order valence-corrected chi connectivity index (χ1v) is 14.2. The molecule has 6 heteroatoms. The molecule has 2 heterocycles. The number of aliphatic imine (C=N–C) groups is 1. The minimum atomic E-state index is -0.0888. The van der Waals surface area contributed by atoms with Crippen LogP contribution in [0.3, 0.4) is 0 Å². The van der Waals surface area contributed by atoms with Gasteiger partial charge in [-0.25, -0.2) is 4.99 Å². The van der Waals surface area contributed by atoms with E-state index in [1.807, 2.05) is 60.7 Å². The molecular weight excluding hydrogens is 510 g/mol. The topological polar surface area (TPSA) is 35.9 Å². The molecule has 5 rings (SSSR count). The number of hydrogen-bond acceptors (Lipinski definition) is 4. The molecule has 1 fully saturated rings. The molecule has 1 saturated heterocycles. The number of carbonyl (C=O) groups is 1. The Balaban J connectivity index is 1.50. The average molecular weight is 542 g/mol. The second-order valence-corrected chi connectivity index (χ2v) is 11.6. The van der Waals surface area contributed by atoms with Crippen molar-refractivity contribution < 1.29 is 4.79 Å². The number of fused-ring (bicyclic) bond motifs is 1. The van der Waals surface area contributed by atoms with E-state index in [9.17, 15) is 4.79 Å². The van der Waals surface area contributed by atoms with E-state index in [1.54, 1.807) is 4.90 Å². The van der Waals surface area contributed by atoms with E-state index in [2.05, 4.69) is 56.9 Å². The molecule has 2 aliphatic rings. The van der Waals surface area contributed by atoms with E-state index >= 15 is 0 Å². The van der Waals surface area contributed by atoms with E-state index in [1.165, 1.54) is 22.9 Å². The molecule has 3 aromatic rings. The number of anilines is 1. The quantitative estimate of drug-likeness (QED) is 0.295. The Morgan fingerprint density at radius 1 is 1.03 bits per heavy atom. The number of amides is 1. The Bertz CT molecular complexity index is 1440. The van der Waals surface area contributed by atoms with E-state index in [4.69, 9.17) is 16.6 Å². The third-order valence-corrected chi connectivity index (χ3v) is 8.37. The lowest BCUT2D eigenvalue weighted by molar-refractivity contribution is -0.122. The normalized spacial score (nSPS) is 18.8. The van der Waals surface area contributed by atoms with Gasteiger partial charge in [-0.1, -0.05) is 66.2 Å². The number of benzene rings is 3. The molecule has 0 aliphatic carbocycles. The van der Waals surface area contributed by atoms with Crippen molar-refractivity contribution in [1.82, 2.24) is 4.90 Å². The van der Waals surface area contributed by atoms with Gasteiger partial charge in [-0.3, -0.25) is 9.69 Å². The largest absolute Gasteiger partial charge is 0.363 e. The van der Waals surface area contributed by atoms with Gasteiger partial charge < -0.3 is 4.90 Å². The lowest BCUT2D eigenvalue weighted by Gasteiger charge is -2.43. The van der Waals surface area contributed by atoms with Gasteiger partial charge in [0, 0.05) is 29.4 Å². The molecule has 38 heavy (non-hydrogen) atoms. The molecule has 194 valence electrons. The summed E-state index contributed by atoms with van der Waals surface area (Å²) in [5, 5.41) is 1.32. The number of carbonyl (C=O) groups excluding carboxylic acids is 1. The highest BCUT2D eigenvalue weighted by molar-refractivity contribution is 8.18. The lowest BCUT2D eigenvalue weighted by atomic mass is 9.88. The summed E-state index contributed by atoms with van der Waals surface area (Å²) >= 11 is 8.25. The van der Waals surface area contributed by atoms with Gasteiger partial charge in [0.05, 0.1) is 16.1 Å². The molecule has 0 bridgehead atoms. The Labute approximate surface area is 234 Å². The highest BCUT2D eigenvalue weighted by atomic mass is 35.5. The lowest BCUT2D eigenvalue weighted by Crippen LogP contribution is -2.44. The molecule has 2 aliphatic heterocycles. The highest BCUT2D eigenvalue weighted by Gasteiger charge is 2.34. The summed E-state index contributed by atoms with van der Waals surface area (Å²) in [5.74, 6) is -0.0435. The predicted octanol–water partition coefficient (Wildman–Crippen LogP) is 8.21. The number of hydrogen-bond donors (Lipinski definition) is 0. The van der Waals surface area contributed by atoms with Crippen LogP contribution in [0.5, 0.6) is 0 Å². The molecule has 0 unspecified atom stereocenters. The number of allylic oxidation sites excluding steroid dienone is 1. The molecule has 0 radical (unpaired) electrons. The second kappa shape index (κ2) is 10.8. The molecule has 0 aromatic heterocycles. The third-order valence-electron chi connectivity index (χ3n) is 7.03. The molecule has 0 saturated carbocycles. The number of thioether (sulfide) groups is 1. The summed E-state index contributed by atoms with van der Waals surface area (Å²) in [7, 11) is 0.